The van der Waals surface area contributed by atoms with Gasteiger partial charge in [0, 0.05) is 6.92 Å². The molecule has 0 aliphatic rings. The van der Waals surface area contributed by atoms with E-state index in [0.29, 0.717) is 0 Å². The van der Waals surface area contributed by atoms with E-state index in [0.717, 1.165) is 53.9 Å². The molecule has 0 aromatic carbocycles. The summed E-state index contributed by atoms with van der Waals surface area (Å²) in [5.74, 6) is -0.833. The molecule has 0 bridgehead atoms. The third-order valence-electron chi connectivity index (χ3n) is 0.563. The Balaban J connectivity index is 0. The van der Waals surface area contributed by atoms with E-state index < -0.39 is 5.97 Å². The summed E-state index contributed by atoms with van der Waals surface area (Å²) in [5.41, 5.74) is 0. The molecule has 9 heavy (non-hydrogen) atoms. The molecule has 0 aromatic rings. The standard InChI is InChI=1S/C3H6I.C2H4O2.K/c1-2-3-4;1-2(3)4;/h3H,2H2,1H3;1H3,(H,3,4);. The van der Waals surface area contributed by atoms with Crippen molar-refractivity contribution in [3.8, 4) is 0 Å². The summed E-state index contributed by atoms with van der Waals surface area (Å²) in [5, 5.41) is 7.42. The first-order chi connectivity index (χ1) is 4.00. The van der Waals surface area contributed by atoms with Gasteiger partial charge in [-0.15, -0.1) is 0 Å². The van der Waals surface area contributed by atoms with Crippen LogP contribution in [0.25, 0.3) is 0 Å². The summed E-state index contributed by atoms with van der Waals surface area (Å²) >= 11 is 3.55. The van der Waals surface area contributed by atoms with Crippen molar-refractivity contribution in [3.05, 3.63) is 0 Å². The van der Waals surface area contributed by atoms with Gasteiger partial charge < -0.3 is 5.11 Å². The van der Waals surface area contributed by atoms with Gasteiger partial charge in [0.25, 0.3) is 5.97 Å². The van der Waals surface area contributed by atoms with Gasteiger partial charge in [-0.1, -0.05) is 0 Å². The molecule has 0 amide bonds. The molecule has 0 fully saturated rings. The number of halogens is 1. The molecular weight excluding hydrogens is 258 g/mol. The Hall–Kier alpha value is 1.84. The first-order valence-electron chi connectivity index (χ1n) is 2.84. The van der Waals surface area contributed by atoms with Crippen molar-refractivity contribution >= 4 is 77.5 Å². The van der Waals surface area contributed by atoms with E-state index in [1.54, 1.807) is 0 Å². The molecule has 0 radical (unpaired) electrons. The minimum atomic E-state index is -0.833. The van der Waals surface area contributed by atoms with E-state index in [2.05, 4.69) is 29.5 Å². The predicted molar refractivity (Wildman–Crippen MR) is 47.2 cm³/mol. The number of carbonyl (C=O) groups is 1. The second-order valence-corrected chi connectivity index (χ2v) is 9.68. The van der Waals surface area contributed by atoms with E-state index >= 15 is 0 Å². The number of rotatable bonds is 1. The van der Waals surface area contributed by atoms with Gasteiger partial charge in [0.05, 0.1) is 0 Å². The number of aliphatic carboxylic acids is 1. The molecule has 2 nitrogen and oxygen atoms in total. The number of alkyl halides is 1. The second kappa shape index (κ2) is 9.84. The Morgan fingerprint density at radius 2 is 2.00 bits per heavy atom. The molecule has 0 heterocycles. The summed E-state index contributed by atoms with van der Waals surface area (Å²) < 4.78 is 1.04. The molecule has 1 atom stereocenters. The molecule has 1 N–H and O–H groups in total. The fraction of sp³-hybridized carbons (Fsp3) is 0.800. The molecule has 0 saturated carbocycles. The molecule has 0 aliphatic heterocycles. The first-order valence-corrected chi connectivity index (χ1v) is 5.89. The zero-order valence-corrected chi connectivity index (χ0v) is 11.3. The second-order valence-electron chi connectivity index (χ2n) is 1.71. The van der Waals surface area contributed by atoms with Gasteiger partial charge >= 0.3 is 82.9 Å². The van der Waals surface area contributed by atoms with Crippen molar-refractivity contribution in [2.24, 2.45) is 0 Å². The average molecular weight is 268 g/mol. The normalized spacial score (nSPS) is 11.2. The summed E-state index contributed by atoms with van der Waals surface area (Å²) in [4.78, 5) is 9.00. The van der Waals surface area contributed by atoms with Crippen LogP contribution < -0.4 is 0 Å². The van der Waals surface area contributed by atoms with Gasteiger partial charge in [-0.3, -0.25) is 4.79 Å². The molecule has 0 aliphatic carbocycles. The van der Waals surface area contributed by atoms with Crippen molar-refractivity contribution < 1.29 is 9.90 Å². The number of carboxylic acid groups (broad SMARTS) is 1. The summed E-state index contributed by atoms with van der Waals surface area (Å²) in [6, 6.07) is 0. The molecule has 50 valence electrons. The fourth-order valence-corrected chi connectivity index (χ4v) is 0. The summed E-state index contributed by atoms with van der Waals surface area (Å²) in [6.45, 7) is 3.32. The van der Waals surface area contributed by atoms with Gasteiger partial charge in [-0.2, -0.15) is 0 Å². The van der Waals surface area contributed by atoms with Gasteiger partial charge in [0.1, 0.15) is 0 Å². The summed E-state index contributed by atoms with van der Waals surface area (Å²) in [6.07, 6.45) is 1.38. The van der Waals surface area contributed by atoms with Crippen LogP contribution in [-0.4, -0.2) is 58.0 Å². The Kier molecular flexibility index (Phi) is 14.7. The van der Waals surface area contributed by atoms with Crippen LogP contribution >= 0.6 is 22.6 Å². The molecule has 0 spiro atoms. The Bertz CT molecular complexity index is 71.4. The van der Waals surface area contributed by atoms with Gasteiger partial charge in [0.2, 0.25) is 0 Å². The third-order valence-corrected chi connectivity index (χ3v) is 2.72. The fourth-order valence-electron chi connectivity index (χ4n) is 0. The van der Waals surface area contributed by atoms with Crippen molar-refractivity contribution in [2.75, 3.05) is 0 Å². The van der Waals surface area contributed by atoms with E-state index in [9.17, 15) is 0 Å². The van der Waals surface area contributed by atoms with Gasteiger partial charge in [0.15, 0.2) is 0 Å². The Morgan fingerprint density at radius 3 is 2.00 bits per heavy atom. The van der Waals surface area contributed by atoms with Crippen LogP contribution in [0.5, 0.6) is 0 Å². The van der Waals surface area contributed by atoms with Crippen LogP contribution in [0.15, 0.2) is 0 Å². The number of hydrogen-bond acceptors (Lipinski definition) is 1. The van der Waals surface area contributed by atoms with Gasteiger partial charge in [-0.25, -0.2) is 0 Å². The maximum atomic E-state index is 9.00. The van der Waals surface area contributed by atoms with Crippen molar-refractivity contribution in [1.29, 1.82) is 0 Å². The Labute approximate surface area is 104 Å². The van der Waals surface area contributed by atoms with Crippen LogP contribution in [-0.2, 0) is 4.79 Å². The average Bonchev–Trinajstić information content (AvgIpc) is 1.65. The SMILES string of the molecule is CC(=O)O.CC[CH]([K])I. The van der Waals surface area contributed by atoms with Crippen molar-refractivity contribution in [2.45, 2.75) is 18.3 Å². The molecule has 0 rings (SSSR count). The zero-order chi connectivity index (χ0) is 7.86. The quantitative estimate of drug-likeness (QED) is 0.443. The third kappa shape index (κ3) is 41.0. The minimum absolute atomic E-state index is 0.833. The van der Waals surface area contributed by atoms with Crippen LogP contribution in [0.4, 0.5) is 0 Å². The Morgan fingerprint density at radius 1 is 1.89 bits per heavy atom. The topological polar surface area (TPSA) is 37.3 Å². The molecule has 1 unspecified atom stereocenters. The van der Waals surface area contributed by atoms with Crippen LogP contribution in [0.1, 0.15) is 20.3 Å². The molecule has 0 saturated heterocycles. The number of carboxylic acids is 1. The molecular formula is C5H10IKO2. The predicted octanol–water partition coefficient (Wildman–Crippen LogP) is 1.42. The van der Waals surface area contributed by atoms with Gasteiger partial charge in [-0.05, 0) is 0 Å². The first kappa shape index (κ1) is 13.4. The van der Waals surface area contributed by atoms with E-state index in [-0.39, 0.29) is 0 Å². The number of hydrogen-bond donors (Lipinski definition) is 1. The van der Waals surface area contributed by atoms with Crippen LogP contribution in [0, 0.1) is 0 Å². The maximum absolute atomic E-state index is 9.00. The zero-order valence-electron chi connectivity index (χ0n) is 6.02. The van der Waals surface area contributed by atoms with E-state index in [1.165, 1.54) is 6.42 Å². The molecule has 0 aromatic heterocycles. The van der Waals surface area contributed by atoms with Crippen molar-refractivity contribution in [3.63, 3.8) is 0 Å². The van der Waals surface area contributed by atoms with E-state index in [4.69, 9.17) is 9.90 Å². The summed E-state index contributed by atoms with van der Waals surface area (Å²) in [7, 11) is 0. The monoisotopic (exact) mass is 268 g/mol. The van der Waals surface area contributed by atoms with E-state index in [1.807, 2.05) is 0 Å². The molecule has 4 heteroatoms. The van der Waals surface area contributed by atoms with Crippen LogP contribution in [0.3, 0.4) is 0 Å². The van der Waals surface area contributed by atoms with Crippen LogP contribution in [0.2, 0.25) is 0 Å². The van der Waals surface area contributed by atoms with Crippen molar-refractivity contribution in [1.82, 2.24) is 0 Å².